The summed E-state index contributed by atoms with van der Waals surface area (Å²) < 4.78 is 30.8. The number of halogens is 1. The Bertz CT molecular complexity index is 1240. The number of aromatic nitrogens is 1. The molecule has 0 spiro atoms. The first kappa shape index (κ1) is 21.9. The number of para-hydroxylation sites is 2. The highest BCUT2D eigenvalue weighted by Gasteiger charge is 2.22. The summed E-state index contributed by atoms with van der Waals surface area (Å²) in [5.41, 5.74) is 1.10. The van der Waals surface area contributed by atoms with E-state index in [9.17, 15) is 9.18 Å². The molecule has 0 bridgehead atoms. The first-order chi connectivity index (χ1) is 16.0. The summed E-state index contributed by atoms with van der Waals surface area (Å²) in [6, 6.07) is 21.3. The molecule has 1 atom stereocenters. The molecule has 3 aromatic carbocycles. The molecule has 4 rings (SSSR count). The van der Waals surface area contributed by atoms with Crippen molar-refractivity contribution in [1.29, 1.82) is 0 Å². The molecule has 1 heterocycles. The number of ether oxygens (including phenoxy) is 2. The van der Waals surface area contributed by atoms with Gasteiger partial charge in [0, 0.05) is 17.8 Å². The topological polar surface area (TPSA) is 85.6 Å². The Balaban J connectivity index is 1.55. The first-order valence-corrected chi connectivity index (χ1v) is 10.2. The van der Waals surface area contributed by atoms with Crippen LogP contribution in [0.25, 0.3) is 0 Å². The molecule has 1 amide bonds. The number of hydrogen-bond acceptors (Lipinski definition) is 6. The molecule has 0 aliphatic heterocycles. The molecule has 0 saturated carbocycles. The average Bonchev–Trinajstić information content (AvgIpc) is 3.24. The number of hydrogen-bond donors (Lipinski definition) is 2. The predicted molar refractivity (Wildman–Crippen MR) is 122 cm³/mol. The van der Waals surface area contributed by atoms with Gasteiger partial charge in [0.05, 0.1) is 7.11 Å². The van der Waals surface area contributed by atoms with Gasteiger partial charge in [-0.1, -0.05) is 47.6 Å². The molecule has 168 valence electrons. The Morgan fingerprint density at radius 2 is 1.70 bits per heavy atom. The number of carbonyl (C=O) groups excluding carboxylic acids is 1. The van der Waals surface area contributed by atoms with Gasteiger partial charge in [0.15, 0.2) is 28.9 Å². The SMILES string of the molecule is COc1ccccc1Oc1ccc(NC(C(=O)Nc2cc(C)on2)c2ccccc2)cc1F. The molecule has 33 heavy (non-hydrogen) atoms. The highest BCUT2D eigenvalue weighted by atomic mass is 19.1. The predicted octanol–water partition coefficient (Wildman–Crippen LogP) is 5.71. The van der Waals surface area contributed by atoms with Crippen molar-refractivity contribution in [1.82, 2.24) is 5.16 Å². The third-order valence-electron chi connectivity index (χ3n) is 4.81. The molecule has 8 heteroatoms. The van der Waals surface area contributed by atoms with Gasteiger partial charge in [-0.25, -0.2) is 4.39 Å². The minimum atomic E-state index is -0.802. The lowest BCUT2D eigenvalue weighted by Crippen LogP contribution is -2.27. The second kappa shape index (κ2) is 9.86. The summed E-state index contributed by atoms with van der Waals surface area (Å²) in [6.07, 6.45) is 0. The standard InChI is InChI=1S/C25H22FN3O4/c1-16-14-23(29-33-16)28-25(30)24(17-8-4-3-5-9-17)27-18-12-13-20(19(26)15-18)32-22-11-7-6-10-21(22)31-2/h3-15,24,27H,1-2H3,(H,28,29,30). The molecule has 4 aromatic rings. The van der Waals surface area contributed by atoms with E-state index in [-0.39, 0.29) is 11.7 Å². The summed E-state index contributed by atoms with van der Waals surface area (Å²) >= 11 is 0. The first-order valence-electron chi connectivity index (χ1n) is 10.2. The van der Waals surface area contributed by atoms with Crippen molar-refractivity contribution in [2.45, 2.75) is 13.0 Å². The number of amides is 1. The van der Waals surface area contributed by atoms with Crippen molar-refractivity contribution >= 4 is 17.4 Å². The monoisotopic (exact) mass is 447 g/mol. The van der Waals surface area contributed by atoms with Gasteiger partial charge in [-0.05, 0) is 36.8 Å². The summed E-state index contributed by atoms with van der Waals surface area (Å²) in [7, 11) is 1.51. The van der Waals surface area contributed by atoms with Crippen molar-refractivity contribution < 1.29 is 23.2 Å². The minimum absolute atomic E-state index is 0.0313. The smallest absolute Gasteiger partial charge is 0.252 e. The molecular weight excluding hydrogens is 425 g/mol. The lowest BCUT2D eigenvalue weighted by molar-refractivity contribution is -0.117. The van der Waals surface area contributed by atoms with Crippen molar-refractivity contribution in [3.8, 4) is 17.2 Å². The van der Waals surface area contributed by atoms with Gasteiger partial charge in [0.25, 0.3) is 5.91 Å². The maximum absolute atomic E-state index is 14.8. The Kier molecular flexibility index (Phi) is 6.54. The maximum atomic E-state index is 14.8. The van der Waals surface area contributed by atoms with Crippen LogP contribution in [0.4, 0.5) is 15.9 Å². The third-order valence-corrected chi connectivity index (χ3v) is 4.81. The van der Waals surface area contributed by atoms with Crippen molar-refractivity contribution in [2.75, 3.05) is 17.7 Å². The van der Waals surface area contributed by atoms with Gasteiger partial charge >= 0.3 is 0 Å². The van der Waals surface area contributed by atoms with E-state index >= 15 is 0 Å². The lowest BCUT2D eigenvalue weighted by atomic mass is 10.1. The average molecular weight is 447 g/mol. The van der Waals surface area contributed by atoms with Crippen molar-refractivity contribution in [3.05, 3.63) is 96.0 Å². The van der Waals surface area contributed by atoms with E-state index in [0.29, 0.717) is 34.3 Å². The van der Waals surface area contributed by atoms with Gasteiger partial charge in [-0.3, -0.25) is 4.79 Å². The Morgan fingerprint density at radius 1 is 0.970 bits per heavy atom. The van der Waals surface area contributed by atoms with Crippen LogP contribution < -0.4 is 20.1 Å². The molecule has 7 nitrogen and oxygen atoms in total. The summed E-state index contributed by atoms with van der Waals surface area (Å²) in [6.45, 7) is 1.73. The number of nitrogens with one attached hydrogen (secondary N) is 2. The molecule has 0 fully saturated rings. The maximum Gasteiger partial charge on any atom is 0.252 e. The molecule has 0 aliphatic rings. The van der Waals surface area contributed by atoms with E-state index in [1.54, 1.807) is 55.5 Å². The highest BCUT2D eigenvalue weighted by Crippen LogP contribution is 2.33. The summed E-state index contributed by atoms with van der Waals surface area (Å²) in [5.74, 6) is 0.819. The Labute approximate surface area is 190 Å². The highest BCUT2D eigenvalue weighted by molar-refractivity contribution is 5.96. The van der Waals surface area contributed by atoms with E-state index in [1.165, 1.54) is 19.2 Å². The van der Waals surface area contributed by atoms with Crippen LogP contribution in [0, 0.1) is 12.7 Å². The van der Waals surface area contributed by atoms with Crippen LogP contribution in [0.5, 0.6) is 17.2 Å². The van der Waals surface area contributed by atoms with Crippen LogP contribution in [0.1, 0.15) is 17.4 Å². The van der Waals surface area contributed by atoms with Crippen molar-refractivity contribution in [3.63, 3.8) is 0 Å². The number of methoxy groups -OCH3 is 1. The van der Waals surface area contributed by atoms with Crippen LogP contribution >= 0.6 is 0 Å². The van der Waals surface area contributed by atoms with Gasteiger partial charge in [0.1, 0.15) is 11.8 Å². The molecular formula is C25H22FN3O4. The van der Waals surface area contributed by atoms with Crippen LogP contribution in [-0.2, 0) is 4.79 Å². The van der Waals surface area contributed by atoms with E-state index in [2.05, 4.69) is 15.8 Å². The van der Waals surface area contributed by atoms with Crippen LogP contribution in [0.15, 0.2) is 83.4 Å². The molecule has 2 N–H and O–H groups in total. The van der Waals surface area contributed by atoms with E-state index in [1.807, 2.05) is 18.2 Å². The quantitative estimate of drug-likeness (QED) is 0.360. The molecule has 1 unspecified atom stereocenters. The number of nitrogens with zero attached hydrogens (tertiary/aromatic N) is 1. The molecule has 0 saturated heterocycles. The number of rotatable bonds is 8. The van der Waals surface area contributed by atoms with Crippen LogP contribution in [0.2, 0.25) is 0 Å². The Hall–Kier alpha value is -4.33. The fourth-order valence-electron chi connectivity index (χ4n) is 3.23. The Morgan fingerprint density at radius 3 is 2.36 bits per heavy atom. The minimum Gasteiger partial charge on any atom is -0.493 e. The summed E-state index contributed by atoms with van der Waals surface area (Å²) in [5, 5.41) is 9.60. The van der Waals surface area contributed by atoms with Gasteiger partial charge < -0.3 is 24.6 Å². The van der Waals surface area contributed by atoms with E-state index < -0.39 is 11.9 Å². The number of aryl methyl sites for hydroxylation is 1. The zero-order valence-corrected chi connectivity index (χ0v) is 18.0. The normalized spacial score (nSPS) is 11.5. The zero-order valence-electron chi connectivity index (χ0n) is 18.0. The van der Waals surface area contributed by atoms with Gasteiger partial charge in [-0.2, -0.15) is 0 Å². The molecule has 0 radical (unpaired) electrons. The second-order valence-corrected chi connectivity index (χ2v) is 7.20. The van der Waals surface area contributed by atoms with Crippen LogP contribution in [0.3, 0.4) is 0 Å². The van der Waals surface area contributed by atoms with Gasteiger partial charge in [0.2, 0.25) is 0 Å². The van der Waals surface area contributed by atoms with E-state index in [0.717, 1.165) is 0 Å². The fraction of sp³-hybridized carbons (Fsp3) is 0.120. The second-order valence-electron chi connectivity index (χ2n) is 7.20. The zero-order chi connectivity index (χ0) is 23.2. The van der Waals surface area contributed by atoms with Gasteiger partial charge in [-0.15, -0.1) is 0 Å². The molecule has 0 aliphatic carbocycles. The lowest BCUT2D eigenvalue weighted by Gasteiger charge is -2.20. The largest absolute Gasteiger partial charge is 0.493 e. The van der Waals surface area contributed by atoms with Crippen LogP contribution in [-0.4, -0.2) is 18.2 Å². The van der Waals surface area contributed by atoms with E-state index in [4.69, 9.17) is 14.0 Å². The molecule has 1 aromatic heterocycles. The van der Waals surface area contributed by atoms with Crippen molar-refractivity contribution in [2.24, 2.45) is 0 Å². The number of anilines is 2. The number of benzene rings is 3. The summed E-state index contributed by atoms with van der Waals surface area (Å²) in [4.78, 5) is 13.0. The fourth-order valence-corrected chi connectivity index (χ4v) is 3.23. The third kappa shape index (κ3) is 5.30. The number of carbonyl (C=O) groups is 1.